The average Bonchev–Trinajstić information content (AvgIpc) is 3.07. The number of benzene rings is 1. The fourth-order valence-electron chi connectivity index (χ4n) is 5.43. The van der Waals surface area contributed by atoms with Crippen LogP contribution in [-0.4, -0.2) is 23.1 Å². The van der Waals surface area contributed by atoms with E-state index in [2.05, 4.69) is 35.8 Å². The maximum absolute atomic E-state index is 15.2. The van der Waals surface area contributed by atoms with E-state index in [1.165, 1.54) is 19.7 Å². The van der Waals surface area contributed by atoms with Crippen LogP contribution in [0.2, 0.25) is 5.02 Å². The Kier molecular flexibility index (Phi) is 17.8. The van der Waals surface area contributed by atoms with Crippen molar-refractivity contribution in [3.05, 3.63) is 100 Å². The van der Waals surface area contributed by atoms with Crippen LogP contribution in [0.4, 0.5) is 18.9 Å². The summed E-state index contributed by atoms with van der Waals surface area (Å²) in [7, 11) is 1.84. The molecular formula is C38H53ClF3N5. The maximum atomic E-state index is 15.2. The number of nitrogens with zero attached hydrogens (tertiary/aromatic N) is 3. The number of hydrogen-bond donors (Lipinski definition) is 2. The Bertz CT molecular complexity index is 1430. The number of nitrogens with one attached hydrogen (secondary N) is 1. The Labute approximate surface area is 285 Å². The highest BCUT2D eigenvalue weighted by Gasteiger charge is 2.23. The van der Waals surface area contributed by atoms with Crippen LogP contribution in [0.3, 0.4) is 0 Å². The summed E-state index contributed by atoms with van der Waals surface area (Å²) >= 11 is 6.43. The van der Waals surface area contributed by atoms with Crippen molar-refractivity contribution in [2.75, 3.05) is 11.9 Å². The molecule has 0 aliphatic carbocycles. The van der Waals surface area contributed by atoms with Crippen molar-refractivity contribution in [3.63, 3.8) is 0 Å². The maximum Gasteiger partial charge on any atom is 0.154 e. The number of hydrogen-bond acceptors (Lipinski definition) is 5. The first-order valence-corrected chi connectivity index (χ1v) is 17.0. The number of unbranched alkanes of at least 4 members (excludes halogenated alkanes) is 5. The van der Waals surface area contributed by atoms with Gasteiger partial charge in [0.05, 0.1) is 17.1 Å². The Hall–Kier alpha value is -3.20. The number of aromatic nitrogens is 2. The molecule has 47 heavy (non-hydrogen) atoms. The van der Waals surface area contributed by atoms with Crippen LogP contribution in [0.5, 0.6) is 0 Å². The van der Waals surface area contributed by atoms with E-state index in [9.17, 15) is 8.78 Å². The van der Waals surface area contributed by atoms with E-state index in [4.69, 9.17) is 17.4 Å². The Balaban J connectivity index is 2.66. The highest BCUT2D eigenvalue weighted by atomic mass is 35.5. The molecule has 1 heterocycles. The minimum Gasteiger partial charge on any atom is -0.344 e. The highest BCUT2D eigenvalue weighted by Crippen LogP contribution is 2.38. The molecule has 0 fully saturated rings. The summed E-state index contributed by atoms with van der Waals surface area (Å²) in [5.74, 6) is 5.12. The van der Waals surface area contributed by atoms with Gasteiger partial charge < -0.3 is 4.90 Å². The molecule has 0 bridgehead atoms. The van der Waals surface area contributed by atoms with Gasteiger partial charge in [0.25, 0.3) is 0 Å². The standard InChI is InChI=1S/C38H53ClF3N5/c1-8-10-12-14-15-26(3)17-18-30(34(42)24-40)21-32(27(4)35(46-43)16-13-11-9-2)29(6)47(7)38-20-19-31(39)22-33(38)37-23-36(28(5)41)44-25-45-37/h17-20,22-25,28,35,46H,6,8-16,21,43H2,1-5,7H3/b26-17+,30-18-,32-27+,34-24-. The fourth-order valence-corrected chi connectivity index (χ4v) is 5.61. The molecule has 0 saturated heterocycles. The monoisotopic (exact) mass is 671 g/mol. The first-order valence-electron chi connectivity index (χ1n) is 16.7. The normalized spacial score (nSPS) is 14.6. The van der Waals surface area contributed by atoms with Crippen LogP contribution in [0, 0.1) is 0 Å². The zero-order valence-corrected chi connectivity index (χ0v) is 29.7. The quantitative estimate of drug-likeness (QED) is 0.0634. The van der Waals surface area contributed by atoms with Crippen molar-refractivity contribution >= 4 is 17.3 Å². The topological polar surface area (TPSA) is 67.1 Å². The zero-order chi connectivity index (χ0) is 34.9. The molecule has 0 aliphatic rings. The van der Waals surface area contributed by atoms with E-state index in [1.54, 1.807) is 24.3 Å². The number of rotatable bonds is 20. The molecule has 0 aliphatic heterocycles. The molecule has 2 unspecified atom stereocenters. The van der Waals surface area contributed by atoms with E-state index in [1.807, 2.05) is 37.9 Å². The lowest BCUT2D eigenvalue weighted by Gasteiger charge is -2.30. The predicted octanol–water partition coefficient (Wildman–Crippen LogP) is 11.5. The third-order valence-electron chi connectivity index (χ3n) is 8.50. The number of likely N-dealkylation sites (N-methyl/N-ethyl adjacent to an activating group) is 1. The van der Waals surface area contributed by atoms with Crippen molar-refractivity contribution < 1.29 is 13.2 Å². The van der Waals surface area contributed by atoms with Gasteiger partial charge in [0.1, 0.15) is 18.8 Å². The van der Waals surface area contributed by atoms with Crippen molar-refractivity contribution in [2.24, 2.45) is 5.84 Å². The summed E-state index contributed by atoms with van der Waals surface area (Å²) in [4.78, 5) is 10.3. The number of anilines is 1. The molecule has 0 radical (unpaired) electrons. The molecule has 0 amide bonds. The van der Waals surface area contributed by atoms with Crippen LogP contribution in [0.15, 0.2) is 89.5 Å². The molecule has 2 atom stereocenters. The first kappa shape index (κ1) is 40.0. The second-order valence-corrected chi connectivity index (χ2v) is 12.6. The van der Waals surface area contributed by atoms with Gasteiger partial charge in [-0.1, -0.05) is 88.3 Å². The number of halogens is 4. The van der Waals surface area contributed by atoms with Crippen molar-refractivity contribution in [1.29, 1.82) is 0 Å². The molecule has 0 saturated carbocycles. The van der Waals surface area contributed by atoms with Crippen LogP contribution in [-0.2, 0) is 0 Å². The number of alkyl halides is 1. The molecule has 1 aromatic carbocycles. The molecular weight excluding hydrogens is 619 g/mol. The Morgan fingerprint density at radius 2 is 1.77 bits per heavy atom. The summed E-state index contributed by atoms with van der Waals surface area (Å²) < 4.78 is 43.2. The summed E-state index contributed by atoms with van der Waals surface area (Å²) in [5.41, 5.74) is 8.47. The summed E-state index contributed by atoms with van der Waals surface area (Å²) in [6.07, 6.45) is 12.9. The lowest BCUT2D eigenvalue weighted by Crippen LogP contribution is -2.37. The molecule has 9 heteroatoms. The number of hydrazine groups is 1. The van der Waals surface area contributed by atoms with Gasteiger partial charge in [-0.3, -0.25) is 11.3 Å². The fraction of sp³-hybridized carbons (Fsp3) is 0.474. The second kappa shape index (κ2) is 20.9. The van der Waals surface area contributed by atoms with E-state index >= 15 is 4.39 Å². The van der Waals surface area contributed by atoms with Crippen LogP contribution >= 0.6 is 11.6 Å². The van der Waals surface area contributed by atoms with Crippen LogP contribution < -0.4 is 16.2 Å². The van der Waals surface area contributed by atoms with Gasteiger partial charge in [-0.05, 0) is 81.0 Å². The van der Waals surface area contributed by atoms with E-state index in [-0.39, 0.29) is 30.1 Å². The van der Waals surface area contributed by atoms with Gasteiger partial charge in [-0.2, -0.15) is 0 Å². The predicted molar refractivity (Wildman–Crippen MR) is 193 cm³/mol. The first-order chi connectivity index (χ1) is 22.5. The largest absolute Gasteiger partial charge is 0.344 e. The summed E-state index contributed by atoms with van der Waals surface area (Å²) in [6, 6.07) is 6.72. The van der Waals surface area contributed by atoms with Crippen LogP contribution in [0.25, 0.3) is 11.3 Å². The Morgan fingerprint density at radius 3 is 2.40 bits per heavy atom. The van der Waals surface area contributed by atoms with Gasteiger partial charge in [-0.25, -0.2) is 23.1 Å². The van der Waals surface area contributed by atoms with E-state index in [0.29, 0.717) is 33.2 Å². The average molecular weight is 672 g/mol. The third kappa shape index (κ3) is 12.4. The number of allylic oxidation sites excluding steroid dienone is 6. The molecule has 3 N–H and O–H groups in total. The lowest BCUT2D eigenvalue weighted by molar-refractivity contribution is 0.365. The van der Waals surface area contributed by atoms with Crippen molar-refractivity contribution in [1.82, 2.24) is 15.4 Å². The summed E-state index contributed by atoms with van der Waals surface area (Å²) in [6.45, 7) is 14.1. The zero-order valence-electron chi connectivity index (χ0n) is 29.0. The van der Waals surface area contributed by atoms with Crippen molar-refractivity contribution in [2.45, 2.75) is 111 Å². The smallest absolute Gasteiger partial charge is 0.154 e. The molecule has 2 rings (SSSR count). The molecule has 2 aromatic rings. The highest BCUT2D eigenvalue weighted by molar-refractivity contribution is 6.31. The molecule has 1 aromatic heterocycles. The van der Waals surface area contributed by atoms with Gasteiger partial charge >= 0.3 is 0 Å². The van der Waals surface area contributed by atoms with Gasteiger partial charge in [0.2, 0.25) is 0 Å². The summed E-state index contributed by atoms with van der Waals surface area (Å²) in [5, 5.41) is 0.476. The minimum absolute atomic E-state index is 0.00541. The minimum atomic E-state index is -1.28. The van der Waals surface area contributed by atoms with E-state index < -0.39 is 12.0 Å². The molecule has 258 valence electrons. The number of nitrogens with two attached hydrogens (primary N) is 1. The molecule has 0 spiro atoms. The van der Waals surface area contributed by atoms with E-state index in [0.717, 1.165) is 62.5 Å². The van der Waals surface area contributed by atoms with Gasteiger partial charge in [-0.15, -0.1) is 0 Å². The van der Waals surface area contributed by atoms with Crippen LogP contribution in [0.1, 0.15) is 111 Å². The van der Waals surface area contributed by atoms with Crippen molar-refractivity contribution in [3.8, 4) is 11.3 Å². The Morgan fingerprint density at radius 1 is 1.06 bits per heavy atom. The van der Waals surface area contributed by atoms with Gasteiger partial charge in [0.15, 0.2) is 5.83 Å². The van der Waals surface area contributed by atoms with Gasteiger partial charge in [0, 0.05) is 35.8 Å². The lowest BCUT2D eigenvalue weighted by atomic mass is 9.90. The molecule has 5 nitrogen and oxygen atoms in total. The third-order valence-corrected chi connectivity index (χ3v) is 8.74. The SMILES string of the molecule is C=C(/C(CC(=C/C=C(\C)CCCCCC)/C(F)=C/F)=C(\C)C(CCCCC)NN)N(C)c1ccc(Cl)cc1-c1cc(C(C)F)ncn1. The second-order valence-electron chi connectivity index (χ2n) is 12.1.